The Hall–Kier alpha value is -3.60. The van der Waals surface area contributed by atoms with Crippen LogP contribution in [0.4, 0.5) is 0 Å². The van der Waals surface area contributed by atoms with E-state index in [1.807, 2.05) is 71.4 Å². The fourth-order valence-electron chi connectivity index (χ4n) is 2.99. The Balaban J connectivity index is 1.49. The third-order valence-electron chi connectivity index (χ3n) is 4.31. The topological polar surface area (TPSA) is 60.1 Å². The van der Waals surface area contributed by atoms with Crippen LogP contribution in [0.3, 0.4) is 0 Å². The van der Waals surface area contributed by atoms with Gasteiger partial charge in [0.05, 0.1) is 12.4 Å². The zero-order valence-electron chi connectivity index (χ0n) is 14.7. The monoisotopic (exact) mass is 357 g/mol. The van der Waals surface area contributed by atoms with Crippen LogP contribution < -0.4 is 5.32 Å². The van der Waals surface area contributed by atoms with Crippen molar-refractivity contribution in [3.05, 3.63) is 96.8 Å². The average molecular weight is 357 g/mol. The van der Waals surface area contributed by atoms with Crippen molar-refractivity contribution in [2.75, 3.05) is 0 Å². The van der Waals surface area contributed by atoms with Gasteiger partial charge in [0.2, 0.25) is 5.91 Å². The predicted molar refractivity (Wildman–Crippen MR) is 105 cm³/mol. The maximum Gasteiger partial charge on any atom is 0.244 e. The van der Waals surface area contributed by atoms with Gasteiger partial charge in [-0.1, -0.05) is 48.5 Å². The second-order valence-corrected chi connectivity index (χ2v) is 6.25. The van der Waals surface area contributed by atoms with Gasteiger partial charge in [-0.3, -0.25) is 4.79 Å². The van der Waals surface area contributed by atoms with E-state index in [2.05, 4.69) is 10.3 Å². The Morgan fingerprint density at radius 1 is 1.15 bits per heavy atom. The van der Waals surface area contributed by atoms with Crippen molar-refractivity contribution in [1.82, 2.24) is 14.9 Å². The number of rotatable bonds is 6. The van der Waals surface area contributed by atoms with Gasteiger partial charge in [0.25, 0.3) is 0 Å². The van der Waals surface area contributed by atoms with Crippen LogP contribution in [0, 0.1) is 0 Å². The number of hydrogen-bond donors (Lipinski definition) is 1. The summed E-state index contributed by atoms with van der Waals surface area (Å²) in [6.45, 7) is 0.605. The van der Waals surface area contributed by atoms with Crippen molar-refractivity contribution in [3.8, 4) is 0 Å². The molecule has 0 saturated carbocycles. The summed E-state index contributed by atoms with van der Waals surface area (Å²) < 4.78 is 7.66. The molecule has 0 aliphatic rings. The highest BCUT2D eigenvalue weighted by atomic mass is 16.3. The van der Waals surface area contributed by atoms with E-state index in [0.29, 0.717) is 12.3 Å². The summed E-state index contributed by atoms with van der Waals surface area (Å²) in [6, 6.07) is 19.4. The van der Waals surface area contributed by atoms with E-state index < -0.39 is 0 Å². The first-order valence-corrected chi connectivity index (χ1v) is 8.76. The largest absolute Gasteiger partial charge is 0.457 e. The summed E-state index contributed by atoms with van der Waals surface area (Å²) in [7, 11) is 0. The van der Waals surface area contributed by atoms with Crippen molar-refractivity contribution in [2.24, 2.45) is 0 Å². The number of fused-ring (bicyclic) bond motifs is 1. The Kier molecular flexibility index (Phi) is 4.83. The van der Waals surface area contributed by atoms with Crippen LogP contribution in [0.25, 0.3) is 17.0 Å². The highest BCUT2D eigenvalue weighted by molar-refractivity contribution is 5.92. The van der Waals surface area contributed by atoms with Crippen molar-refractivity contribution in [3.63, 3.8) is 0 Å². The summed E-state index contributed by atoms with van der Waals surface area (Å²) in [4.78, 5) is 16.5. The number of carbonyl (C=O) groups is 1. The third kappa shape index (κ3) is 4.15. The second-order valence-electron chi connectivity index (χ2n) is 6.25. The van der Waals surface area contributed by atoms with Crippen LogP contribution in [0.5, 0.6) is 0 Å². The van der Waals surface area contributed by atoms with Crippen LogP contribution in [-0.2, 0) is 11.3 Å². The van der Waals surface area contributed by atoms with E-state index >= 15 is 0 Å². The standard InChI is InChI=1S/C22H19N3O2/c26-22(11-10-19-14-18-8-4-5-9-21(18)27-19)24-20(15-25-13-12-23-16-25)17-6-2-1-3-7-17/h1-14,16,20H,15H2,(H,24,26)/b11-10+. The Labute approximate surface area is 157 Å². The molecule has 0 fully saturated rings. The summed E-state index contributed by atoms with van der Waals surface area (Å²) in [6.07, 6.45) is 8.54. The fraction of sp³-hybridized carbons (Fsp3) is 0.0909. The highest BCUT2D eigenvalue weighted by Gasteiger charge is 2.14. The Bertz CT molecular complexity index is 1020. The smallest absolute Gasteiger partial charge is 0.244 e. The van der Waals surface area contributed by atoms with E-state index in [1.165, 1.54) is 6.08 Å². The molecule has 134 valence electrons. The zero-order valence-corrected chi connectivity index (χ0v) is 14.7. The molecule has 0 bridgehead atoms. The van der Waals surface area contributed by atoms with Gasteiger partial charge in [-0.2, -0.15) is 0 Å². The van der Waals surface area contributed by atoms with Gasteiger partial charge in [0.1, 0.15) is 11.3 Å². The molecule has 1 atom stereocenters. The molecule has 0 aliphatic carbocycles. The number of para-hydroxylation sites is 1. The fourth-order valence-corrected chi connectivity index (χ4v) is 2.99. The van der Waals surface area contributed by atoms with E-state index in [9.17, 15) is 4.79 Å². The van der Waals surface area contributed by atoms with Gasteiger partial charge in [0.15, 0.2) is 0 Å². The molecule has 5 heteroatoms. The van der Waals surface area contributed by atoms with Crippen LogP contribution >= 0.6 is 0 Å². The molecule has 1 unspecified atom stereocenters. The number of benzene rings is 2. The number of carbonyl (C=O) groups excluding carboxylic acids is 1. The number of furan rings is 1. The first kappa shape index (κ1) is 16.8. The van der Waals surface area contributed by atoms with Crippen LogP contribution in [0.1, 0.15) is 17.4 Å². The number of imidazole rings is 1. The number of amides is 1. The summed E-state index contributed by atoms with van der Waals surface area (Å²) in [5, 5.41) is 4.07. The summed E-state index contributed by atoms with van der Waals surface area (Å²) in [5.41, 5.74) is 1.84. The molecular formula is C22H19N3O2. The lowest BCUT2D eigenvalue weighted by atomic mass is 10.1. The normalized spacial score (nSPS) is 12.4. The van der Waals surface area contributed by atoms with Gasteiger partial charge in [-0.25, -0.2) is 4.98 Å². The lowest BCUT2D eigenvalue weighted by molar-refractivity contribution is -0.117. The highest BCUT2D eigenvalue weighted by Crippen LogP contribution is 2.20. The Morgan fingerprint density at radius 2 is 1.96 bits per heavy atom. The molecule has 27 heavy (non-hydrogen) atoms. The third-order valence-corrected chi connectivity index (χ3v) is 4.31. The van der Waals surface area contributed by atoms with Crippen LogP contribution in [0.15, 0.2) is 89.9 Å². The van der Waals surface area contributed by atoms with E-state index in [-0.39, 0.29) is 11.9 Å². The van der Waals surface area contributed by atoms with Gasteiger partial charge >= 0.3 is 0 Å². The molecule has 0 spiro atoms. The second kappa shape index (κ2) is 7.74. The summed E-state index contributed by atoms with van der Waals surface area (Å²) >= 11 is 0. The molecule has 2 aromatic carbocycles. The van der Waals surface area contributed by atoms with Crippen molar-refractivity contribution < 1.29 is 9.21 Å². The number of nitrogens with zero attached hydrogens (tertiary/aromatic N) is 2. The van der Waals surface area contributed by atoms with Crippen molar-refractivity contribution in [2.45, 2.75) is 12.6 Å². The number of nitrogens with one attached hydrogen (secondary N) is 1. The molecule has 0 saturated heterocycles. The molecule has 0 radical (unpaired) electrons. The maximum atomic E-state index is 12.5. The lowest BCUT2D eigenvalue weighted by Gasteiger charge is -2.19. The minimum Gasteiger partial charge on any atom is -0.457 e. The lowest BCUT2D eigenvalue weighted by Crippen LogP contribution is -2.29. The SMILES string of the molecule is O=C(/C=C/c1cc2ccccc2o1)NC(Cn1ccnc1)c1ccccc1. The zero-order chi connectivity index (χ0) is 18.5. The molecular weight excluding hydrogens is 338 g/mol. The van der Waals surface area contributed by atoms with Gasteiger partial charge in [0, 0.05) is 30.4 Å². The van der Waals surface area contributed by atoms with Crippen LogP contribution in [0.2, 0.25) is 0 Å². The quantitative estimate of drug-likeness (QED) is 0.526. The molecule has 1 amide bonds. The van der Waals surface area contributed by atoms with Gasteiger partial charge in [-0.15, -0.1) is 0 Å². The van der Waals surface area contributed by atoms with Crippen molar-refractivity contribution >= 4 is 23.0 Å². The molecule has 4 rings (SSSR count). The Morgan fingerprint density at radius 3 is 2.74 bits per heavy atom. The van der Waals surface area contributed by atoms with Gasteiger partial charge in [-0.05, 0) is 23.8 Å². The number of aromatic nitrogens is 2. The molecule has 2 aromatic heterocycles. The summed E-state index contributed by atoms with van der Waals surface area (Å²) in [5.74, 6) is 0.474. The predicted octanol–water partition coefficient (Wildman–Crippen LogP) is 4.20. The van der Waals surface area contributed by atoms with Crippen molar-refractivity contribution in [1.29, 1.82) is 0 Å². The van der Waals surface area contributed by atoms with E-state index in [1.54, 1.807) is 18.6 Å². The molecule has 0 aliphatic heterocycles. The first-order chi connectivity index (χ1) is 13.3. The maximum absolute atomic E-state index is 12.5. The molecule has 2 heterocycles. The van der Waals surface area contributed by atoms with E-state index in [4.69, 9.17) is 4.42 Å². The number of hydrogen-bond acceptors (Lipinski definition) is 3. The molecule has 1 N–H and O–H groups in total. The minimum absolute atomic E-state index is 0.159. The minimum atomic E-state index is -0.176. The van der Waals surface area contributed by atoms with Crippen LogP contribution in [-0.4, -0.2) is 15.5 Å². The van der Waals surface area contributed by atoms with Gasteiger partial charge < -0.3 is 14.3 Å². The average Bonchev–Trinajstić information content (AvgIpc) is 3.36. The van der Waals surface area contributed by atoms with E-state index in [0.717, 1.165) is 16.5 Å². The molecule has 4 aromatic rings. The first-order valence-electron chi connectivity index (χ1n) is 8.76. The molecule has 5 nitrogen and oxygen atoms in total.